The third-order valence-electron chi connectivity index (χ3n) is 3.96. The van der Waals surface area contributed by atoms with Crippen LogP contribution in [0.2, 0.25) is 0 Å². The van der Waals surface area contributed by atoms with Crippen molar-refractivity contribution in [1.29, 1.82) is 0 Å². The molecule has 3 aromatic rings. The number of nitrogens with one attached hydrogen (secondary N) is 1. The Morgan fingerprint density at radius 1 is 1.16 bits per heavy atom. The maximum atomic E-state index is 11.6. The van der Waals surface area contributed by atoms with E-state index in [-0.39, 0.29) is 12.5 Å². The molecule has 0 atom stereocenters. The minimum Gasteiger partial charge on any atom is -0.375 e. The highest BCUT2D eigenvalue weighted by Gasteiger charge is 2.07. The molecule has 5 heteroatoms. The molecule has 0 bridgehead atoms. The number of ether oxygens (including phenoxy) is 1. The Bertz CT molecular complexity index is 811. The Balaban J connectivity index is 1.74. The van der Waals surface area contributed by atoms with Crippen LogP contribution in [0, 0.1) is 0 Å². The van der Waals surface area contributed by atoms with Crippen LogP contribution < -0.4 is 5.32 Å². The fourth-order valence-corrected chi connectivity index (χ4v) is 2.71. The lowest BCUT2D eigenvalue weighted by Gasteiger charge is -2.12. The van der Waals surface area contributed by atoms with Gasteiger partial charge in [0.25, 0.3) is 0 Å². The van der Waals surface area contributed by atoms with Crippen molar-refractivity contribution in [3.8, 4) is 11.1 Å². The van der Waals surface area contributed by atoms with Crippen molar-refractivity contribution < 1.29 is 9.53 Å². The molecule has 0 aliphatic rings. The minimum atomic E-state index is -0.118. The van der Waals surface area contributed by atoms with Crippen LogP contribution >= 0.6 is 0 Å². The van der Waals surface area contributed by atoms with Crippen LogP contribution in [0.5, 0.6) is 0 Å². The largest absolute Gasteiger partial charge is 0.375 e. The van der Waals surface area contributed by atoms with Gasteiger partial charge in [0.2, 0.25) is 5.91 Å². The summed E-state index contributed by atoms with van der Waals surface area (Å²) in [6, 6.07) is 16.6. The Morgan fingerprint density at radius 3 is 2.68 bits per heavy atom. The van der Waals surface area contributed by atoms with Gasteiger partial charge in [-0.05, 0) is 22.3 Å². The highest BCUT2D eigenvalue weighted by atomic mass is 16.5. The summed E-state index contributed by atoms with van der Waals surface area (Å²) in [4.78, 5) is 15.7. The maximum absolute atomic E-state index is 11.6. The number of carbonyl (C=O) groups is 1. The first-order valence-corrected chi connectivity index (χ1v) is 8.15. The van der Waals surface area contributed by atoms with Crippen LogP contribution in [0.4, 0.5) is 0 Å². The van der Waals surface area contributed by atoms with Crippen molar-refractivity contribution in [2.75, 3.05) is 13.7 Å². The number of carbonyl (C=O) groups excluding carboxylic acids is 1. The maximum Gasteiger partial charge on any atom is 0.246 e. The van der Waals surface area contributed by atoms with E-state index >= 15 is 0 Å². The fourth-order valence-electron chi connectivity index (χ4n) is 2.71. The summed E-state index contributed by atoms with van der Waals surface area (Å²) in [6.07, 6.45) is 5.54. The van der Waals surface area contributed by atoms with E-state index in [9.17, 15) is 4.79 Å². The molecule has 0 aliphatic carbocycles. The van der Waals surface area contributed by atoms with Crippen LogP contribution in [0.3, 0.4) is 0 Å². The van der Waals surface area contributed by atoms with Crippen LogP contribution in [0.25, 0.3) is 11.1 Å². The predicted molar refractivity (Wildman–Crippen MR) is 96.9 cm³/mol. The van der Waals surface area contributed by atoms with Gasteiger partial charge in [-0.2, -0.15) is 0 Å². The first-order chi connectivity index (χ1) is 12.3. The van der Waals surface area contributed by atoms with Crippen molar-refractivity contribution in [3.05, 3.63) is 78.4 Å². The van der Waals surface area contributed by atoms with Gasteiger partial charge < -0.3 is 14.6 Å². The zero-order valence-corrected chi connectivity index (χ0v) is 14.2. The van der Waals surface area contributed by atoms with Crippen molar-refractivity contribution in [2.45, 2.75) is 13.1 Å². The summed E-state index contributed by atoms with van der Waals surface area (Å²) in [6.45, 7) is 1.36. The lowest BCUT2D eigenvalue weighted by Crippen LogP contribution is -2.26. The number of benzene rings is 2. The number of aromatic nitrogens is 2. The predicted octanol–water partition coefficient (Wildman–Crippen LogP) is 2.86. The van der Waals surface area contributed by atoms with E-state index in [0.29, 0.717) is 6.54 Å². The first kappa shape index (κ1) is 16.9. The SMILES string of the molecule is COCC(=O)NCc1ccccc1-c1ccc(Cn2ccnc2)cc1. The van der Waals surface area contributed by atoms with E-state index in [0.717, 1.165) is 23.2 Å². The molecule has 1 amide bonds. The van der Waals surface area contributed by atoms with E-state index in [1.165, 1.54) is 12.7 Å². The zero-order valence-electron chi connectivity index (χ0n) is 14.2. The minimum absolute atomic E-state index is 0.0745. The number of hydrogen-bond acceptors (Lipinski definition) is 3. The smallest absolute Gasteiger partial charge is 0.246 e. The molecule has 0 saturated heterocycles. The molecular formula is C20H21N3O2. The standard InChI is InChI=1S/C20H21N3O2/c1-25-14-20(24)22-12-18-4-2-3-5-19(18)17-8-6-16(7-9-17)13-23-11-10-21-15-23/h2-11,15H,12-14H2,1H3,(H,22,24). The van der Waals surface area contributed by atoms with Crippen molar-refractivity contribution in [2.24, 2.45) is 0 Å². The fraction of sp³-hybridized carbons (Fsp3) is 0.200. The quantitative estimate of drug-likeness (QED) is 0.722. The topological polar surface area (TPSA) is 56.1 Å². The summed E-state index contributed by atoms with van der Waals surface area (Å²) in [5.74, 6) is -0.118. The summed E-state index contributed by atoms with van der Waals surface area (Å²) >= 11 is 0. The van der Waals surface area contributed by atoms with Crippen LogP contribution in [0.1, 0.15) is 11.1 Å². The highest BCUT2D eigenvalue weighted by Crippen LogP contribution is 2.24. The van der Waals surface area contributed by atoms with Crippen molar-refractivity contribution >= 4 is 5.91 Å². The van der Waals surface area contributed by atoms with E-state index in [4.69, 9.17) is 4.74 Å². The van der Waals surface area contributed by atoms with Gasteiger partial charge in [0, 0.05) is 32.6 Å². The third-order valence-corrected chi connectivity index (χ3v) is 3.96. The molecule has 1 aromatic heterocycles. The molecule has 3 rings (SSSR count). The van der Waals surface area contributed by atoms with Crippen molar-refractivity contribution in [3.63, 3.8) is 0 Å². The lowest BCUT2D eigenvalue weighted by atomic mass is 9.98. The van der Waals surface area contributed by atoms with Gasteiger partial charge in [-0.1, -0.05) is 48.5 Å². The Hall–Kier alpha value is -2.92. The average Bonchev–Trinajstić information content (AvgIpc) is 3.14. The number of rotatable bonds is 7. The van der Waals surface area contributed by atoms with Crippen LogP contribution in [0.15, 0.2) is 67.3 Å². The van der Waals surface area contributed by atoms with Gasteiger partial charge in [-0.3, -0.25) is 4.79 Å². The van der Waals surface area contributed by atoms with Crippen LogP contribution in [-0.4, -0.2) is 29.2 Å². The van der Waals surface area contributed by atoms with Gasteiger partial charge in [0.15, 0.2) is 0 Å². The summed E-state index contributed by atoms with van der Waals surface area (Å²) in [7, 11) is 1.51. The molecule has 0 saturated carbocycles. The van der Waals surface area contributed by atoms with Gasteiger partial charge in [0.1, 0.15) is 6.61 Å². The molecule has 128 valence electrons. The van der Waals surface area contributed by atoms with Gasteiger partial charge in [-0.25, -0.2) is 4.98 Å². The van der Waals surface area contributed by atoms with E-state index in [2.05, 4.69) is 40.6 Å². The zero-order chi connectivity index (χ0) is 17.5. The number of imidazole rings is 1. The molecule has 1 N–H and O–H groups in total. The Morgan fingerprint density at radius 2 is 1.96 bits per heavy atom. The number of nitrogens with zero attached hydrogens (tertiary/aromatic N) is 2. The second-order valence-electron chi connectivity index (χ2n) is 5.80. The summed E-state index contributed by atoms with van der Waals surface area (Å²) in [5.41, 5.74) is 4.54. The third kappa shape index (κ3) is 4.55. The molecular weight excluding hydrogens is 314 g/mol. The lowest BCUT2D eigenvalue weighted by molar-refractivity contribution is -0.124. The first-order valence-electron chi connectivity index (χ1n) is 8.15. The molecule has 5 nitrogen and oxygen atoms in total. The van der Waals surface area contributed by atoms with E-state index in [1.54, 1.807) is 6.20 Å². The number of amides is 1. The van der Waals surface area contributed by atoms with Gasteiger partial charge in [0.05, 0.1) is 6.33 Å². The van der Waals surface area contributed by atoms with Gasteiger partial charge in [-0.15, -0.1) is 0 Å². The average molecular weight is 335 g/mol. The van der Waals surface area contributed by atoms with E-state index < -0.39 is 0 Å². The molecule has 25 heavy (non-hydrogen) atoms. The summed E-state index contributed by atoms with van der Waals surface area (Å²) < 4.78 is 6.88. The Kier molecular flexibility index (Phi) is 5.59. The molecule has 0 unspecified atom stereocenters. The second-order valence-corrected chi connectivity index (χ2v) is 5.80. The highest BCUT2D eigenvalue weighted by molar-refractivity contribution is 5.77. The Labute approximate surface area is 147 Å². The van der Waals surface area contributed by atoms with Crippen molar-refractivity contribution in [1.82, 2.24) is 14.9 Å². The summed E-state index contributed by atoms with van der Waals surface area (Å²) in [5, 5.41) is 2.88. The molecule has 2 aromatic carbocycles. The molecule has 0 spiro atoms. The van der Waals surface area contributed by atoms with E-state index in [1.807, 2.05) is 35.3 Å². The van der Waals surface area contributed by atoms with Gasteiger partial charge >= 0.3 is 0 Å². The molecule has 1 heterocycles. The normalized spacial score (nSPS) is 10.6. The molecule has 0 aliphatic heterocycles. The molecule has 0 fully saturated rings. The molecule has 0 radical (unpaired) electrons. The number of hydrogen-bond donors (Lipinski definition) is 1. The second kappa shape index (κ2) is 8.26. The van der Waals surface area contributed by atoms with Crippen LogP contribution in [-0.2, 0) is 22.6 Å². The number of methoxy groups -OCH3 is 1. The monoisotopic (exact) mass is 335 g/mol.